The number of nitrogens with zero attached hydrogens (tertiary/aromatic N) is 1. The van der Waals surface area contributed by atoms with Gasteiger partial charge in [-0.15, -0.1) is 0 Å². The highest BCUT2D eigenvalue weighted by atomic mass is 32.2. The summed E-state index contributed by atoms with van der Waals surface area (Å²) in [6.07, 6.45) is 0. The Labute approximate surface area is 177 Å². The van der Waals surface area contributed by atoms with Crippen LogP contribution in [-0.4, -0.2) is 34.5 Å². The molecule has 0 aliphatic rings. The smallest absolute Gasteiger partial charge is 0.264 e. The maximum Gasteiger partial charge on any atom is 0.264 e. The van der Waals surface area contributed by atoms with E-state index in [0.29, 0.717) is 25.4 Å². The second-order valence-corrected chi connectivity index (χ2v) is 8.57. The standard InChI is InChI=1S/C23H24N2O4S/c1-25(30(27,28)20-12-6-3-7-13-20)22-15-9-8-14-21(22)23(26)24-16-17-29-18-19-10-4-2-5-11-19/h2-15H,16-18H2,1H3,(H,24,26). The molecule has 30 heavy (non-hydrogen) atoms. The fourth-order valence-electron chi connectivity index (χ4n) is 2.92. The Morgan fingerprint density at radius 2 is 1.50 bits per heavy atom. The lowest BCUT2D eigenvalue weighted by Gasteiger charge is -2.22. The molecule has 3 aromatic carbocycles. The van der Waals surface area contributed by atoms with Crippen LogP contribution < -0.4 is 9.62 Å². The van der Waals surface area contributed by atoms with Gasteiger partial charge in [0.15, 0.2) is 0 Å². The maximum absolute atomic E-state index is 12.9. The van der Waals surface area contributed by atoms with Crippen molar-refractivity contribution in [1.29, 1.82) is 0 Å². The molecular formula is C23H24N2O4S. The number of amides is 1. The van der Waals surface area contributed by atoms with Crippen LogP contribution in [0.25, 0.3) is 0 Å². The van der Waals surface area contributed by atoms with E-state index in [1.807, 2.05) is 30.3 Å². The number of ether oxygens (including phenoxy) is 1. The van der Waals surface area contributed by atoms with Gasteiger partial charge in [0.2, 0.25) is 0 Å². The quantitative estimate of drug-likeness (QED) is 0.534. The Balaban J connectivity index is 1.63. The molecule has 0 fully saturated rings. The Kier molecular flexibility index (Phi) is 7.21. The lowest BCUT2D eigenvalue weighted by Crippen LogP contribution is -2.32. The van der Waals surface area contributed by atoms with Gasteiger partial charge < -0.3 is 10.1 Å². The number of nitrogens with one attached hydrogen (secondary N) is 1. The van der Waals surface area contributed by atoms with Gasteiger partial charge in [0.05, 0.1) is 29.4 Å². The molecule has 156 valence electrons. The van der Waals surface area contributed by atoms with Gasteiger partial charge in [-0.05, 0) is 29.8 Å². The average Bonchev–Trinajstić information content (AvgIpc) is 2.79. The summed E-state index contributed by atoms with van der Waals surface area (Å²) in [5, 5.41) is 2.79. The highest BCUT2D eigenvalue weighted by molar-refractivity contribution is 7.92. The topological polar surface area (TPSA) is 75.7 Å². The van der Waals surface area contributed by atoms with E-state index in [9.17, 15) is 13.2 Å². The summed E-state index contributed by atoms with van der Waals surface area (Å²) in [5.41, 5.74) is 1.65. The van der Waals surface area contributed by atoms with Crippen molar-refractivity contribution in [3.05, 3.63) is 96.1 Å². The molecule has 0 aliphatic carbocycles. The molecule has 0 aliphatic heterocycles. The average molecular weight is 425 g/mol. The monoisotopic (exact) mass is 424 g/mol. The van der Waals surface area contributed by atoms with Gasteiger partial charge in [0, 0.05) is 13.6 Å². The third-order valence-electron chi connectivity index (χ3n) is 4.53. The van der Waals surface area contributed by atoms with Gasteiger partial charge in [-0.2, -0.15) is 0 Å². The lowest BCUT2D eigenvalue weighted by molar-refractivity contribution is 0.0901. The molecule has 3 aromatic rings. The van der Waals surface area contributed by atoms with Crippen LogP contribution in [0, 0.1) is 0 Å². The normalized spacial score (nSPS) is 11.1. The molecular weight excluding hydrogens is 400 g/mol. The zero-order valence-corrected chi connectivity index (χ0v) is 17.5. The second-order valence-electron chi connectivity index (χ2n) is 6.60. The molecule has 0 spiro atoms. The van der Waals surface area contributed by atoms with Gasteiger partial charge in [-0.1, -0.05) is 60.7 Å². The maximum atomic E-state index is 12.9. The van der Waals surface area contributed by atoms with Crippen LogP contribution >= 0.6 is 0 Å². The third kappa shape index (κ3) is 5.25. The number of anilines is 1. The minimum absolute atomic E-state index is 0.164. The van der Waals surface area contributed by atoms with E-state index < -0.39 is 10.0 Å². The van der Waals surface area contributed by atoms with Gasteiger partial charge in [-0.25, -0.2) is 8.42 Å². The van der Waals surface area contributed by atoms with E-state index in [1.165, 1.54) is 19.2 Å². The SMILES string of the molecule is CN(c1ccccc1C(=O)NCCOCc1ccccc1)S(=O)(=O)c1ccccc1. The molecule has 3 rings (SSSR count). The van der Waals surface area contributed by atoms with E-state index in [2.05, 4.69) is 5.32 Å². The summed E-state index contributed by atoms with van der Waals surface area (Å²) in [7, 11) is -2.34. The Bertz CT molecular complexity index is 1070. The van der Waals surface area contributed by atoms with Crippen molar-refractivity contribution in [1.82, 2.24) is 5.32 Å². The molecule has 6 nitrogen and oxygen atoms in total. The summed E-state index contributed by atoms with van der Waals surface area (Å²) in [6.45, 7) is 1.13. The molecule has 0 heterocycles. The predicted molar refractivity (Wildman–Crippen MR) is 117 cm³/mol. The molecule has 0 atom stereocenters. The van der Waals surface area contributed by atoms with Crippen LogP contribution in [0.3, 0.4) is 0 Å². The van der Waals surface area contributed by atoms with E-state index in [-0.39, 0.29) is 16.4 Å². The summed E-state index contributed by atoms with van der Waals surface area (Å²) < 4.78 is 32.5. The fraction of sp³-hybridized carbons (Fsp3) is 0.174. The van der Waals surface area contributed by atoms with Crippen molar-refractivity contribution in [3.63, 3.8) is 0 Å². The van der Waals surface area contributed by atoms with E-state index in [0.717, 1.165) is 9.87 Å². The van der Waals surface area contributed by atoms with Gasteiger partial charge >= 0.3 is 0 Å². The molecule has 0 unspecified atom stereocenters. The molecule has 1 amide bonds. The van der Waals surface area contributed by atoms with Crippen LogP contribution in [-0.2, 0) is 21.4 Å². The zero-order chi connectivity index (χ0) is 21.4. The molecule has 7 heteroatoms. The fourth-order valence-corrected chi connectivity index (χ4v) is 4.15. The second kappa shape index (κ2) is 10.0. The van der Waals surface area contributed by atoms with E-state index >= 15 is 0 Å². The number of hydrogen-bond donors (Lipinski definition) is 1. The minimum Gasteiger partial charge on any atom is -0.375 e. The number of hydrogen-bond acceptors (Lipinski definition) is 4. The van der Waals surface area contributed by atoms with Gasteiger partial charge in [0.1, 0.15) is 0 Å². The van der Waals surface area contributed by atoms with Crippen LogP contribution in [0.4, 0.5) is 5.69 Å². The van der Waals surface area contributed by atoms with E-state index in [4.69, 9.17) is 4.74 Å². The van der Waals surface area contributed by atoms with Crippen molar-refractivity contribution in [2.24, 2.45) is 0 Å². The molecule has 0 aromatic heterocycles. The van der Waals surface area contributed by atoms with Gasteiger partial charge in [0.25, 0.3) is 15.9 Å². The first-order valence-corrected chi connectivity index (χ1v) is 11.0. The first-order valence-electron chi connectivity index (χ1n) is 9.53. The number of sulfonamides is 1. The van der Waals surface area contributed by atoms with Crippen molar-refractivity contribution >= 4 is 21.6 Å². The van der Waals surface area contributed by atoms with Crippen LogP contribution in [0.1, 0.15) is 15.9 Å². The van der Waals surface area contributed by atoms with Crippen molar-refractivity contribution in [3.8, 4) is 0 Å². The van der Waals surface area contributed by atoms with Crippen molar-refractivity contribution in [2.75, 3.05) is 24.5 Å². The Hall–Kier alpha value is -3.16. The minimum atomic E-state index is -3.78. The first-order chi connectivity index (χ1) is 14.5. The summed E-state index contributed by atoms with van der Waals surface area (Å²) in [6, 6.07) is 24.5. The lowest BCUT2D eigenvalue weighted by atomic mass is 10.1. The third-order valence-corrected chi connectivity index (χ3v) is 6.32. The Morgan fingerprint density at radius 1 is 0.900 bits per heavy atom. The highest BCUT2D eigenvalue weighted by Gasteiger charge is 2.24. The molecule has 0 bridgehead atoms. The number of benzene rings is 3. The molecule has 0 radical (unpaired) electrons. The van der Waals surface area contributed by atoms with Crippen LogP contribution in [0.15, 0.2) is 89.8 Å². The van der Waals surface area contributed by atoms with Crippen LogP contribution in [0.2, 0.25) is 0 Å². The number of carbonyl (C=O) groups excluding carboxylic acids is 1. The predicted octanol–water partition coefficient (Wildman–Crippen LogP) is 3.46. The van der Waals surface area contributed by atoms with Gasteiger partial charge in [-0.3, -0.25) is 9.10 Å². The number of carbonyl (C=O) groups is 1. The summed E-state index contributed by atoms with van der Waals surface area (Å²) in [5.74, 6) is -0.357. The first kappa shape index (κ1) is 21.5. The largest absolute Gasteiger partial charge is 0.375 e. The van der Waals surface area contributed by atoms with Crippen LogP contribution in [0.5, 0.6) is 0 Å². The number of para-hydroxylation sites is 1. The molecule has 0 saturated carbocycles. The van der Waals surface area contributed by atoms with E-state index in [1.54, 1.807) is 42.5 Å². The van der Waals surface area contributed by atoms with Crippen molar-refractivity contribution in [2.45, 2.75) is 11.5 Å². The zero-order valence-electron chi connectivity index (χ0n) is 16.7. The molecule has 1 N–H and O–H groups in total. The van der Waals surface area contributed by atoms with Crippen molar-refractivity contribution < 1.29 is 17.9 Å². The summed E-state index contributed by atoms with van der Waals surface area (Å²) >= 11 is 0. The highest BCUT2D eigenvalue weighted by Crippen LogP contribution is 2.25. The molecule has 0 saturated heterocycles. The number of rotatable bonds is 9. The Morgan fingerprint density at radius 3 is 2.20 bits per heavy atom. The summed E-state index contributed by atoms with van der Waals surface area (Å²) in [4.78, 5) is 12.8.